The third-order valence-corrected chi connectivity index (χ3v) is 3.00. The molecule has 1 amide bonds. The van der Waals surface area contributed by atoms with Crippen molar-refractivity contribution in [2.24, 2.45) is 5.92 Å². The fourth-order valence-corrected chi connectivity index (χ4v) is 1.68. The van der Waals surface area contributed by atoms with Gasteiger partial charge >= 0.3 is 5.97 Å². The van der Waals surface area contributed by atoms with E-state index in [-0.39, 0.29) is 5.91 Å². The van der Waals surface area contributed by atoms with Crippen LogP contribution in [0.5, 0.6) is 0 Å². The first-order chi connectivity index (χ1) is 9.90. The van der Waals surface area contributed by atoms with Gasteiger partial charge in [0.25, 0.3) is 5.91 Å². The Morgan fingerprint density at radius 1 is 1.29 bits per heavy atom. The van der Waals surface area contributed by atoms with E-state index >= 15 is 0 Å². The summed E-state index contributed by atoms with van der Waals surface area (Å²) in [4.78, 5) is 23.3. The largest absolute Gasteiger partial charge is 0.449 e. The van der Waals surface area contributed by atoms with Crippen LogP contribution in [0.15, 0.2) is 30.3 Å². The predicted molar refractivity (Wildman–Crippen MR) is 83.9 cm³/mol. The van der Waals surface area contributed by atoms with E-state index in [1.54, 1.807) is 24.3 Å². The Hall–Kier alpha value is -1.81. The van der Waals surface area contributed by atoms with Gasteiger partial charge in [0.1, 0.15) is 0 Å². The Labute approximate surface area is 130 Å². The minimum Gasteiger partial charge on any atom is -0.449 e. The van der Waals surface area contributed by atoms with Crippen LogP contribution in [0.2, 0.25) is 5.02 Å². The maximum absolute atomic E-state index is 11.7. The zero-order valence-electron chi connectivity index (χ0n) is 12.4. The predicted octanol–water partition coefficient (Wildman–Crippen LogP) is 3.06. The molecule has 4 nitrogen and oxygen atoms in total. The number of nitrogens with one attached hydrogen (secondary N) is 1. The maximum Gasteiger partial charge on any atom is 0.331 e. The van der Waals surface area contributed by atoms with Crippen molar-refractivity contribution < 1.29 is 14.3 Å². The second kappa shape index (κ2) is 8.47. The molecule has 1 aromatic rings. The van der Waals surface area contributed by atoms with Gasteiger partial charge in [0.15, 0.2) is 6.10 Å². The van der Waals surface area contributed by atoms with Crippen LogP contribution in [0.3, 0.4) is 0 Å². The lowest BCUT2D eigenvalue weighted by atomic mass is 10.2. The Morgan fingerprint density at radius 3 is 2.57 bits per heavy atom. The van der Waals surface area contributed by atoms with Gasteiger partial charge in [-0.3, -0.25) is 4.79 Å². The fourth-order valence-electron chi connectivity index (χ4n) is 1.48. The molecule has 21 heavy (non-hydrogen) atoms. The number of esters is 1. The molecule has 1 atom stereocenters. The highest BCUT2D eigenvalue weighted by Gasteiger charge is 2.16. The lowest BCUT2D eigenvalue weighted by molar-refractivity contribution is -0.150. The van der Waals surface area contributed by atoms with Crippen molar-refractivity contribution in [3.05, 3.63) is 40.9 Å². The second-order valence-corrected chi connectivity index (χ2v) is 5.48. The summed E-state index contributed by atoms with van der Waals surface area (Å²) in [6.07, 6.45) is 1.99. The van der Waals surface area contributed by atoms with E-state index in [1.807, 2.05) is 19.9 Å². The van der Waals surface area contributed by atoms with E-state index < -0.39 is 12.1 Å². The Kier molecular flexibility index (Phi) is 6.96. The summed E-state index contributed by atoms with van der Waals surface area (Å²) >= 11 is 5.97. The lowest BCUT2D eigenvalue weighted by Gasteiger charge is -2.13. The molecule has 0 heterocycles. The molecule has 1 rings (SSSR count). The summed E-state index contributed by atoms with van der Waals surface area (Å²) in [5.74, 6) is -0.540. The molecule has 0 aliphatic rings. The summed E-state index contributed by atoms with van der Waals surface area (Å²) in [7, 11) is 0. The highest BCUT2D eigenvalue weighted by molar-refractivity contribution is 6.32. The summed E-state index contributed by atoms with van der Waals surface area (Å²) in [6.45, 7) is 6.07. The van der Waals surface area contributed by atoms with Gasteiger partial charge in [-0.1, -0.05) is 43.6 Å². The van der Waals surface area contributed by atoms with Gasteiger partial charge in [-0.05, 0) is 30.5 Å². The highest BCUT2D eigenvalue weighted by atomic mass is 35.5. The van der Waals surface area contributed by atoms with Crippen molar-refractivity contribution in [3.63, 3.8) is 0 Å². The van der Waals surface area contributed by atoms with Gasteiger partial charge in [0.05, 0.1) is 0 Å². The smallest absolute Gasteiger partial charge is 0.331 e. The molecule has 5 heteroatoms. The number of amides is 1. The average Bonchev–Trinajstić information content (AvgIpc) is 2.43. The van der Waals surface area contributed by atoms with Crippen molar-refractivity contribution in [2.45, 2.75) is 26.9 Å². The lowest BCUT2D eigenvalue weighted by Crippen LogP contribution is -2.37. The number of rotatable bonds is 6. The monoisotopic (exact) mass is 309 g/mol. The van der Waals surface area contributed by atoms with Gasteiger partial charge < -0.3 is 10.1 Å². The van der Waals surface area contributed by atoms with Gasteiger partial charge in [-0.15, -0.1) is 0 Å². The quantitative estimate of drug-likeness (QED) is 0.649. The molecule has 0 radical (unpaired) electrons. The number of halogens is 1. The number of carbonyl (C=O) groups is 2. The molecular weight excluding hydrogens is 290 g/mol. The topological polar surface area (TPSA) is 55.4 Å². The molecule has 0 saturated heterocycles. The Morgan fingerprint density at radius 2 is 1.95 bits per heavy atom. The summed E-state index contributed by atoms with van der Waals surface area (Å²) in [5, 5.41) is 3.25. The molecule has 0 aromatic heterocycles. The van der Waals surface area contributed by atoms with Crippen molar-refractivity contribution in [1.29, 1.82) is 0 Å². The SMILES string of the molecule is CC(C)CNC(=O)C(C)OC(=O)/C=C/c1ccccc1Cl. The van der Waals surface area contributed by atoms with E-state index in [2.05, 4.69) is 5.32 Å². The number of hydrogen-bond donors (Lipinski definition) is 1. The van der Waals surface area contributed by atoms with Crippen molar-refractivity contribution >= 4 is 29.6 Å². The molecule has 0 aliphatic heterocycles. The van der Waals surface area contributed by atoms with Crippen molar-refractivity contribution in [1.82, 2.24) is 5.32 Å². The first-order valence-corrected chi connectivity index (χ1v) is 7.19. The number of benzene rings is 1. The molecule has 1 N–H and O–H groups in total. The molecule has 0 saturated carbocycles. The third-order valence-electron chi connectivity index (χ3n) is 2.65. The normalized spacial score (nSPS) is 12.4. The van der Waals surface area contributed by atoms with Crippen LogP contribution in [-0.2, 0) is 14.3 Å². The summed E-state index contributed by atoms with van der Waals surface area (Å²) in [5.41, 5.74) is 0.716. The van der Waals surface area contributed by atoms with E-state index in [0.29, 0.717) is 23.0 Å². The number of hydrogen-bond acceptors (Lipinski definition) is 3. The van der Waals surface area contributed by atoms with Crippen molar-refractivity contribution in [3.8, 4) is 0 Å². The van der Waals surface area contributed by atoms with E-state index in [1.165, 1.54) is 13.0 Å². The van der Waals surface area contributed by atoms with Crippen LogP contribution < -0.4 is 5.32 Å². The number of carbonyl (C=O) groups excluding carboxylic acids is 2. The molecule has 0 fully saturated rings. The Bertz CT molecular complexity index is 526. The molecule has 0 aliphatic carbocycles. The van der Waals surface area contributed by atoms with E-state index in [0.717, 1.165) is 0 Å². The third kappa shape index (κ3) is 6.45. The standard InChI is InChI=1S/C16H20ClNO3/c1-11(2)10-18-16(20)12(3)21-15(19)9-8-13-6-4-5-7-14(13)17/h4-9,11-12H,10H2,1-3H3,(H,18,20)/b9-8+. The first kappa shape index (κ1) is 17.2. The van der Waals surface area contributed by atoms with Crippen LogP contribution in [-0.4, -0.2) is 24.5 Å². The highest BCUT2D eigenvalue weighted by Crippen LogP contribution is 2.16. The molecule has 0 spiro atoms. The van der Waals surface area contributed by atoms with Crippen LogP contribution in [0.4, 0.5) is 0 Å². The minimum absolute atomic E-state index is 0.303. The fraction of sp³-hybridized carbons (Fsp3) is 0.375. The average molecular weight is 310 g/mol. The summed E-state index contributed by atoms with van der Waals surface area (Å²) in [6, 6.07) is 7.14. The molecule has 1 unspecified atom stereocenters. The van der Waals surface area contributed by atoms with Gasteiger partial charge in [-0.2, -0.15) is 0 Å². The van der Waals surface area contributed by atoms with Crippen LogP contribution >= 0.6 is 11.6 Å². The first-order valence-electron chi connectivity index (χ1n) is 6.81. The molecule has 114 valence electrons. The van der Waals surface area contributed by atoms with Gasteiger partial charge in [0, 0.05) is 17.6 Å². The number of ether oxygens (including phenoxy) is 1. The zero-order valence-corrected chi connectivity index (χ0v) is 13.2. The van der Waals surface area contributed by atoms with Crippen molar-refractivity contribution in [2.75, 3.05) is 6.54 Å². The van der Waals surface area contributed by atoms with E-state index in [4.69, 9.17) is 16.3 Å². The molecule has 1 aromatic carbocycles. The van der Waals surface area contributed by atoms with Crippen LogP contribution in [0.1, 0.15) is 26.3 Å². The second-order valence-electron chi connectivity index (χ2n) is 5.07. The minimum atomic E-state index is -0.827. The summed E-state index contributed by atoms with van der Waals surface area (Å²) < 4.78 is 5.03. The Balaban J connectivity index is 2.50. The van der Waals surface area contributed by atoms with Crippen LogP contribution in [0, 0.1) is 5.92 Å². The van der Waals surface area contributed by atoms with E-state index in [9.17, 15) is 9.59 Å². The maximum atomic E-state index is 11.7. The van der Waals surface area contributed by atoms with Gasteiger partial charge in [0.2, 0.25) is 0 Å². The molecule has 0 bridgehead atoms. The zero-order chi connectivity index (χ0) is 15.8. The van der Waals surface area contributed by atoms with Crippen LogP contribution in [0.25, 0.3) is 6.08 Å². The van der Waals surface area contributed by atoms with Gasteiger partial charge in [-0.25, -0.2) is 4.79 Å². The molecular formula is C16H20ClNO3.